The maximum absolute atomic E-state index is 13.1. The van der Waals surface area contributed by atoms with Crippen molar-refractivity contribution >= 4 is 29.6 Å². The quantitative estimate of drug-likeness (QED) is 0.0346. The van der Waals surface area contributed by atoms with Crippen LogP contribution in [0.2, 0.25) is 0 Å². The predicted octanol–water partition coefficient (Wildman–Crippen LogP) is -17.6. The number of amides is 4. The Bertz CT molecular complexity index is 2860. The van der Waals surface area contributed by atoms with Crippen LogP contribution in [0, 0.1) is 0 Å². The van der Waals surface area contributed by atoms with Gasteiger partial charge in [-0.2, -0.15) is 0 Å². The average molecular weight is 1550 g/mol. The molecule has 8 heterocycles. The minimum Gasteiger partial charge on any atom is -0.477 e. The second-order valence-electron chi connectivity index (χ2n) is 26.8. The molecule has 47 heteroatoms. The standard InChI is InChI=1S/C59H98N4O43/c1-14-31(75)39(83)42(86)54(94-14)92-13-26-47(36(80)28(51(89)95-26)61-16(3)70)101-52-29(62-17(4)71)37(81)45(23(10-67)98-52)102-55-43(87)40(84)34(78)25(100-55)12-93-57-50(41(85)33(77)21(8-65)97-57)104-53-30(63-18(5)72)38(82)46(24(11-68)99-53)103-56-44(88)49(35(79)22(9-66)96-56)106-59(58(90)91)6-19(73)27(60-15(2)69)48(105-59)32(76)20(74)7-64/h14,19-57,64-68,73-89H,6-13H2,1-5H3,(H,60,69)(H,61,70)(H,62,71)(H,63,72)(H,90,91)/t14-,19-,20+,21+,22+,23+,24+,25+,26+,27+,28+,29+,30+,31+,32+,33+,34+,35-,36+,37+,38+,39+,40-,41-,42-,43-,44+,45+,46+,47+,48+,49-,50-,51+,52-,53-,54+,55-,56-,57+,59-/m0/s1. The van der Waals surface area contributed by atoms with Crippen molar-refractivity contribution in [2.45, 2.75) is 292 Å². The van der Waals surface area contributed by atoms with Crippen molar-refractivity contribution in [3.63, 3.8) is 0 Å². The molecule has 8 rings (SSSR count). The highest BCUT2D eigenvalue weighted by molar-refractivity contribution is 5.77. The van der Waals surface area contributed by atoms with Gasteiger partial charge < -0.3 is 210 Å². The lowest BCUT2D eigenvalue weighted by atomic mass is 9.88. The molecule has 612 valence electrons. The Hall–Kier alpha value is -4.13. The summed E-state index contributed by atoms with van der Waals surface area (Å²) in [6.45, 7) is -2.30. The summed E-state index contributed by atoms with van der Waals surface area (Å²) >= 11 is 0. The van der Waals surface area contributed by atoms with E-state index in [0.29, 0.717) is 0 Å². The van der Waals surface area contributed by atoms with Gasteiger partial charge in [-0.1, -0.05) is 0 Å². The van der Waals surface area contributed by atoms with Gasteiger partial charge in [-0.15, -0.1) is 0 Å². The molecular formula is C59H98N4O43. The van der Waals surface area contributed by atoms with Gasteiger partial charge in [0.15, 0.2) is 44.0 Å². The molecule has 0 spiro atoms. The molecule has 47 nitrogen and oxygen atoms in total. The van der Waals surface area contributed by atoms with Crippen molar-refractivity contribution in [1.29, 1.82) is 0 Å². The Balaban J connectivity index is 0.987. The third-order valence-corrected chi connectivity index (χ3v) is 19.2. The average Bonchev–Trinajstić information content (AvgIpc) is 0.749. The highest BCUT2D eigenvalue weighted by Crippen LogP contribution is 2.41. The van der Waals surface area contributed by atoms with Gasteiger partial charge in [0.25, 0.3) is 5.79 Å². The van der Waals surface area contributed by atoms with Gasteiger partial charge in [0.1, 0.15) is 183 Å². The van der Waals surface area contributed by atoms with Gasteiger partial charge in [0.05, 0.1) is 64.5 Å². The first-order valence-electron chi connectivity index (χ1n) is 33.6. The van der Waals surface area contributed by atoms with Crippen molar-refractivity contribution in [3.05, 3.63) is 0 Å². The van der Waals surface area contributed by atoms with Gasteiger partial charge in [-0.3, -0.25) is 19.2 Å². The summed E-state index contributed by atoms with van der Waals surface area (Å²) in [5, 5.41) is 262. The Kier molecular flexibility index (Phi) is 30.9. The zero-order chi connectivity index (χ0) is 78.6. The third kappa shape index (κ3) is 19.3. The van der Waals surface area contributed by atoms with Crippen LogP contribution in [0.4, 0.5) is 0 Å². The molecule has 8 saturated heterocycles. The van der Waals surface area contributed by atoms with Gasteiger partial charge in [-0.05, 0) is 6.92 Å². The summed E-state index contributed by atoms with van der Waals surface area (Å²) in [6, 6.07) is -7.18. The lowest BCUT2D eigenvalue weighted by molar-refractivity contribution is -0.390. The SMILES string of the molecule is CC(=O)N[C@@H]1[C@@H](O)[C@H](O[C@@H]2O[C@H](CO)[C@@H](O[C@@H]3O[C@H](CO[C@@H]4O[C@H](CO)[C@@H](O)[C@H](O)[C@@H]4O[C@@H]4O[C@H](CO)[C@@H](O[C@@H]5O[C@H](CO)[C@H](O)[C@H](O[C@]6(C(=O)O)C[C@H](O)[C@@H](NC(C)=O)[C@H]([C@H](O)[C@H](O)CO)O6)[C@H]5O)[C@H](O)[C@H]4NC(C)=O)[C@@H](O)[C@H](O)[C@@H]3O)[C@H](O)[C@H]2NC(C)=O)[C@@H](CO[C@@H]2O[C@@H](C)[C@@H](O)[C@@H](O)[C@@H]2O)O[C@H]1O. The molecule has 4 amide bonds. The highest BCUT2D eigenvalue weighted by atomic mass is 16.8. The summed E-state index contributed by atoms with van der Waals surface area (Å²) < 4.78 is 87.4. The topological polar surface area (TPSA) is 737 Å². The molecule has 0 radical (unpaired) electrons. The molecule has 0 aromatic heterocycles. The Morgan fingerprint density at radius 1 is 0.406 bits per heavy atom. The van der Waals surface area contributed by atoms with E-state index in [0.717, 1.165) is 27.7 Å². The van der Waals surface area contributed by atoms with E-state index in [1.165, 1.54) is 6.92 Å². The number of carbonyl (C=O) groups is 5. The van der Waals surface area contributed by atoms with Gasteiger partial charge >= 0.3 is 5.97 Å². The van der Waals surface area contributed by atoms with Crippen LogP contribution in [-0.4, -0.2) is 444 Å². The van der Waals surface area contributed by atoms with Crippen LogP contribution < -0.4 is 21.3 Å². The van der Waals surface area contributed by atoms with Crippen LogP contribution in [0.5, 0.6) is 0 Å². The van der Waals surface area contributed by atoms with Gasteiger partial charge in [-0.25, -0.2) is 4.79 Å². The molecule has 8 aliphatic rings. The molecular weight excluding hydrogens is 1450 g/mol. The molecule has 8 fully saturated rings. The number of hydrogen-bond acceptors (Lipinski definition) is 42. The van der Waals surface area contributed by atoms with E-state index in [-0.39, 0.29) is 0 Å². The lowest BCUT2D eigenvalue weighted by Crippen LogP contribution is -2.71. The second-order valence-corrected chi connectivity index (χ2v) is 26.8. The summed E-state index contributed by atoms with van der Waals surface area (Å²) in [6.07, 6.45) is -74.0. The van der Waals surface area contributed by atoms with Crippen LogP contribution in [0.3, 0.4) is 0 Å². The molecule has 0 unspecified atom stereocenters. The van der Waals surface area contributed by atoms with Crippen LogP contribution in [0.1, 0.15) is 41.0 Å². The van der Waals surface area contributed by atoms with Crippen molar-refractivity contribution in [2.75, 3.05) is 46.2 Å². The largest absolute Gasteiger partial charge is 0.477 e. The van der Waals surface area contributed by atoms with Crippen LogP contribution in [0.15, 0.2) is 0 Å². The molecule has 27 N–H and O–H groups in total. The van der Waals surface area contributed by atoms with Crippen LogP contribution in [-0.2, 0) is 95.0 Å². The number of hydrogen-bond donors (Lipinski definition) is 27. The number of aliphatic hydroxyl groups is 22. The molecule has 106 heavy (non-hydrogen) atoms. The molecule has 0 aromatic carbocycles. The normalized spacial score (nSPS) is 47.2. The van der Waals surface area contributed by atoms with Crippen LogP contribution in [0.25, 0.3) is 0 Å². The monoisotopic (exact) mass is 1550 g/mol. The molecule has 0 bridgehead atoms. The number of aliphatic hydroxyl groups excluding tert-OH is 22. The van der Waals surface area contributed by atoms with E-state index < -0.39 is 333 Å². The number of carbonyl (C=O) groups excluding carboxylic acids is 4. The number of ether oxygens (including phenoxy) is 15. The van der Waals surface area contributed by atoms with Crippen molar-refractivity contribution < 1.29 is 212 Å². The second kappa shape index (κ2) is 37.5. The van der Waals surface area contributed by atoms with Crippen molar-refractivity contribution in [2.24, 2.45) is 0 Å². The van der Waals surface area contributed by atoms with E-state index in [1.54, 1.807) is 0 Å². The number of rotatable bonds is 28. The predicted molar refractivity (Wildman–Crippen MR) is 327 cm³/mol. The summed E-state index contributed by atoms with van der Waals surface area (Å²) in [4.78, 5) is 63.2. The molecule has 41 atom stereocenters. The van der Waals surface area contributed by atoms with Gasteiger partial charge in [0, 0.05) is 34.1 Å². The zero-order valence-electron chi connectivity index (χ0n) is 57.2. The minimum absolute atomic E-state index is 0.773. The maximum atomic E-state index is 13.1. The molecule has 0 saturated carbocycles. The lowest BCUT2D eigenvalue weighted by Gasteiger charge is -2.51. The van der Waals surface area contributed by atoms with Gasteiger partial charge in [0.2, 0.25) is 23.6 Å². The first kappa shape index (κ1) is 87.4. The van der Waals surface area contributed by atoms with Crippen molar-refractivity contribution in [3.8, 4) is 0 Å². The smallest absolute Gasteiger partial charge is 0.364 e. The van der Waals surface area contributed by atoms with E-state index in [1.807, 2.05) is 0 Å². The Labute approximate surface area is 600 Å². The summed E-state index contributed by atoms with van der Waals surface area (Å²) in [5.74, 6) is -8.86. The number of carboxylic acid groups (broad SMARTS) is 1. The maximum Gasteiger partial charge on any atom is 0.364 e. The third-order valence-electron chi connectivity index (χ3n) is 19.2. The first-order chi connectivity index (χ1) is 49.9. The molecule has 0 aliphatic carbocycles. The first-order valence-corrected chi connectivity index (χ1v) is 33.6. The summed E-state index contributed by atoms with van der Waals surface area (Å²) in [5.41, 5.74) is 0. The number of nitrogens with one attached hydrogen (secondary N) is 4. The minimum atomic E-state index is -3.25. The fourth-order valence-corrected chi connectivity index (χ4v) is 13.5. The Morgan fingerprint density at radius 3 is 1.33 bits per heavy atom. The number of carboxylic acids is 1. The Morgan fingerprint density at radius 2 is 0.811 bits per heavy atom. The fraction of sp³-hybridized carbons (Fsp3) is 0.915. The zero-order valence-corrected chi connectivity index (χ0v) is 57.2. The molecule has 8 aliphatic heterocycles. The van der Waals surface area contributed by atoms with Crippen molar-refractivity contribution in [1.82, 2.24) is 21.3 Å². The fourth-order valence-electron chi connectivity index (χ4n) is 13.5. The van der Waals surface area contributed by atoms with E-state index in [9.17, 15) is 141 Å². The summed E-state index contributed by atoms with van der Waals surface area (Å²) in [7, 11) is 0. The highest BCUT2D eigenvalue weighted by Gasteiger charge is 2.62. The number of aliphatic carboxylic acids is 1. The van der Waals surface area contributed by atoms with E-state index in [2.05, 4.69) is 21.3 Å². The van der Waals surface area contributed by atoms with E-state index >= 15 is 0 Å². The van der Waals surface area contributed by atoms with E-state index in [4.69, 9.17) is 71.1 Å². The molecule has 0 aromatic rings. The van der Waals surface area contributed by atoms with Crippen LogP contribution >= 0.6 is 0 Å².